The molecule has 1 aliphatic heterocycles. The molecule has 1 saturated heterocycles. The van der Waals surface area contributed by atoms with E-state index in [2.05, 4.69) is 10.3 Å². The van der Waals surface area contributed by atoms with E-state index in [1.54, 1.807) is 18.2 Å². The van der Waals surface area contributed by atoms with Crippen LogP contribution in [0.1, 0.15) is 55.3 Å². The van der Waals surface area contributed by atoms with Gasteiger partial charge in [0.25, 0.3) is 11.8 Å². The number of amides is 2. The van der Waals surface area contributed by atoms with Gasteiger partial charge in [0.05, 0.1) is 18.2 Å². The number of rotatable bonds is 6. The summed E-state index contributed by atoms with van der Waals surface area (Å²) in [5, 5.41) is 2.91. The second kappa shape index (κ2) is 10.8. The van der Waals surface area contributed by atoms with E-state index in [0.717, 1.165) is 47.7 Å². The molecule has 10 heteroatoms. The number of nitrogens with one attached hydrogen (secondary N) is 1. The van der Waals surface area contributed by atoms with Crippen molar-refractivity contribution in [3.63, 3.8) is 0 Å². The Kier molecular flexibility index (Phi) is 7.75. The number of aryl methyl sites for hydroxylation is 1. The van der Waals surface area contributed by atoms with Crippen molar-refractivity contribution in [2.45, 2.75) is 45.5 Å². The highest BCUT2D eigenvalue weighted by atomic mass is 32.1. The molecule has 0 aliphatic carbocycles. The molecule has 0 bridgehead atoms. The van der Waals surface area contributed by atoms with Crippen LogP contribution in [-0.4, -0.2) is 35.6 Å². The predicted octanol–water partition coefficient (Wildman–Crippen LogP) is 4.88. The summed E-state index contributed by atoms with van der Waals surface area (Å²) in [7, 11) is 0. The number of nitrogens with zero attached hydrogens (tertiary/aromatic N) is 2. The lowest BCUT2D eigenvalue weighted by Crippen LogP contribution is -2.31. The molecule has 1 atom stereocenters. The Morgan fingerprint density at radius 2 is 1.89 bits per heavy atom. The summed E-state index contributed by atoms with van der Waals surface area (Å²) in [6.45, 7) is 5.30. The Morgan fingerprint density at radius 1 is 1.14 bits per heavy atom. The van der Waals surface area contributed by atoms with Gasteiger partial charge in [-0.05, 0) is 62.6 Å². The molecule has 36 heavy (non-hydrogen) atoms. The van der Waals surface area contributed by atoms with Crippen molar-refractivity contribution in [1.82, 2.24) is 9.88 Å². The first-order chi connectivity index (χ1) is 17.1. The second-order valence-electron chi connectivity index (χ2n) is 8.65. The largest absolute Gasteiger partial charge is 0.416 e. The van der Waals surface area contributed by atoms with E-state index in [4.69, 9.17) is 4.74 Å². The minimum absolute atomic E-state index is 0.0441. The minimum atomic E-state index is -4.55. The molecule has 3 aromatic rings. The number of carbonyl (C=O) groups is 2. The van der Waals surface area contributed by atoms with E-state index >= 15 is 0 Å². The van der Waals surface area contributed by atoms with Gasteiger partial charge in [-0.1, -0.05) is 18.2 Å². The average Bonchev–Trinajstić information content (AvgIpc) is 3.46. The van der Waals surface area contributed by atoms with Gasteiger partial charge in [0.15, 0.2) is 4.80 Å². The first kappa shape index (κ1) is 25.8. The zero-order chi connectivity index (χ0) is 25.9. The molecule has 0 saturated carbocycles. The fraction of sp³-hybridized carbons (Fsp3) is 0.346. The molecule has 1 fully saturated rings. The molecule has 1 aromatic heterocycles. The van der Waals surface area contributed by atoms with Gasteiger partial charge in [-0.3, -0.25) is 9.59 Å². The van der Waals surface area contributed by atoms with Gasteiger partial charge < -0.3 is 14.6 Å². The van der Waals surface area contributed by atoms with Crippen LogP contribution < -0.4 is 10.1 Å². The van der Waals surface area contributed by atoms with Crippen LogP contribution in [0.5, 0.6) is 0 Å². The molecular formula is C26H26F3N3O3S. The zero-order valence-corrected chi connectivity index (χ0v) is 20.7. The summed E-state index contributed by atoms with van der Waals surface area (Å²) in [5.74, 6) is -0.946. The standard InChI is InChI=1S/C26H26F3N3O3S/c1-16-17(2)36-25(31-24(34)20-8-4-9-21(13-20)26(27,28)29)32(16)15-18-6-3-7-19(12-18)23(33)30-14-22-10-5-11-35-22/h3-4,6-9,12-13,22H,5,10-11,14-15H2,1-2H3,(H,30,33)/t22-/m1/s1. The van der Waals surface area contributed by atoms with Crippen LogP contribution in [0.25, 0.3) is 0 Å². The number of hydrogen-bond acceptors (Lipinski definition) is 4. The number of thiazole rings is 1. The number of halogens is 3. The van der Waals surface area contributed by atoms with Crippen molar-refractivity contribution >= 4 is 23.2 Å². The van der Waals surface area contributed by atoms with Gasteiger partial charge in [-0.15, -0.1) is 11.3 Å². The predicted molar refractivity (Wildman–Crippen MR) is 130 cm³/mol. The molecule has 0 radical (unpaired) electrons. The van der Waals surface area contributed by atoms with Crippen LogP contribution in [0, 0.1) is 13.8 Å². The zero-order valence-electron chi connectivity index (χ0n) is 19.9. The highest BCUT2D eigenvalue weighted by Gasteiger charge is 2.31. The van der Waals surface area contributed by atoms with Crippen LogP contribution in [0.4, 0.5) is 13.2 Å². The number of hydrogen-bond donors (Lipinski definition) is 1. The van der Waals surface area contributed by atoms with E-state index in [9.17, 15) is 22.8 Å². The summed E-state index contributed by atoms with van der Waals surface area (Å²) >= 11 is 1.29. The van der Waals surface area contributed by atoms with E-state index in [-0.39, 0.29) is 17.6 Å². The highest BCUT2D eigenvalue weighted by Crippen LogP contribution is 2.29. The molecule has 190 valence electrons. The maximum atomic E-state index is 13.1. The molecule has 1 aliphatic rings. The van der Waals surface area contributed by atoms with E-state index in [1.807, 2.05) is 24.5 Å². The minimum Gasteiger partial charge on any atom is -0.376 e. The number of ether oxygens (including phenoxy) is 1. The molecule has 2 heterocycles. The number of carbonyl (C=O) groups excluding carboxylic acids is 2. The number of alkyl halides is 3. The number of benzene rings is 2. The van der Waals surface area contributed by atoms with Gasteiger partial charge in [0.2, 0.25) is 0 Å². The first-order valence-electron chi connectivity index (χ1n) is 11.5. The van der Waals surface area contributed by atoms with Gasteiger partial charge in [-0.25, -0.2) is 0 Å². The maximum absolute atomic E-state index is 13.1. The van der Waals surface area contributed by atoms with Crippen molar-refractivity contribution < 1.29 is 27.5 Å². The lowest BCUT2D eigenvalue weighted by Gasteiger charge is -2.12. The van der Waals surface area contributed by atoms with E-state index in [0.29, 0.717) is 23.5 Å². The Balaban J connectivity index is 1.56. The van der Waals surface area contributed by atoms with E-state index in [1.165, 1.54) is 23.5 Å². The normalized spacial score (nSPS) is 16.4. The molecular weight excluding hydrogens is 491 g/mol. The Morgan fingerprint density at radius 3 is 2.61 bits per heavy atom. The summed E-state index contributed by atoms with van der Waals surface area (Å²) in [4.78, 5) is 30.8. The van der Waals surface area contributed by atoms with Crippen molar-refractivity contribution in [3.05, 3.63) is 86.2 Å². The summed E-state index contributed by atoms with van der Waals surface area (Å²) in [6, 6.07) is 11.4. The quantitative estimate of drug-likeness (QED) is 0.507. The van der Waals surface area contributed by atoms with Gasteiger partial charge in [0.1, 0.15) is 0 Å². The first-order valence-corrected chi connectivity index (χ1v) is 12.4. The van der Waals surface area contributed by atoms with Crippen molar-refractivity contribution in [3.8, 4) is 0 Å². The monoisotopic (exact) mass is 517 g/mol. The highest BCUT2D eigenvalue weighted by molar-refractivity contribution is 7.09. The van der Waals surface area contributed by atoms with Crippen molar-refractivity contribution in [2.75, 3.05) is 13.2 Å². The van der Waals surface area contributed by atoms with Crippen molar-refractivity contribution in [1.29, 1.82) is 0 Å². The smallest absolute Gasteiger partial charge is 0.376 e. The van der Waals surface area contributed by atoms with Crippen LogP contribution in [-0.2, 0) is 17.5 Å². The second-order valence-corrected chi connectivity index (χ2v) is 9.83. The fourth-order valence-electron chi connectivity index (χ4n) is 3.96. The van der Waals surface area contributed by atoms with Crippen LogP contribution >= 0.6 is 11.3 Å². The van der Waals surface area contributed by atoms with Crippen LogP contribution in [0.2, 0.25) is 0 Å². The molecule has 0 unspecified atom stereocenters. The van der Waals surface area contributed by atoms with Crippen LogP contribution in [0.3, 0.4) is 0 Å². The fourth-order valence-corrected chi connectivity index (χ4v) is 4.93. The molecule has 6 nitrogen and oxygen atoms in total. The third-order valence-corrected chi connectivity index (χ3v) is 7.16. The number of aromatic nitrogens is 1. The molecule has 1 N–H and O–H groups in total. The molecule has 2 amide bonds. The Bertz CT molecular complexity index is 1340. The Hall–Kier alpha value is -3.24. The van der Waals surface area contributed by atoms with Crippen molar-refractivity contribution in [2.24, 2.45) is 4.99 Å². The third-order valence-electron chi connectivity index (χ3n) is 6.07. The van der Waals surface area contributed by atoms with Gasteiger partial charge >= 0.3 is 6.18 Å². The van der Waals surface area contributed by atoms with E-state index < -0.39 is 17.6 Å². The summed E-state index contributed by atoms with van der Waals surface area (Å²) in [6.07, 6.45) is -2.58. The Labute approximate surface area is 210 Å². The third kappa shape index (κ3) is 6.11. The topological polar surface area (TPSA) is 72.7 Å². The van der Waals surface area contributed by atoms with Gasteiger partial charge in [0, 0.05) is 34.8 Å². The molecule has 2 aromatic carbocycles. The lowest BCUT2D eigenvalue weighted by atomic mass is 10.1. The van der Waals surface area contributed by atoms with Crippen LogP contribution in [0.15, 0.2) is 53.5 Å². The van der Waals surface area contributed by atoms with Gasteiger partial charge in [-0.2, -0.15) is 18.2 Å². The lowest BCUT2D eigenvalue weighted by molar-refractivity contribution is -0.137. The SMILES string of the molecule is Cc1sc(=NC(=O)c2cccc(C(F)(F)F)c2)n(Cc2cccc(C(=O)NC[C@H]3CCCO3)c2)c1C. The average molecular weight is 518 g/mol. The molecule has 4 rings (SSSR count). The maximum Gasteiger partial charge on any atom is 0.416 e. The summed E-state index contributed by atoms with van der Waals surface area (Å²) < 4.78 is 46.6. The summed E-state index contributed by atoms with van der Waals surface area (Å²) in [5.41, 5.74) is 1.18. The molecule has 0 spiro atoms.